The number of aliphatic imine (C=N–C) groups is 1. The molecule has 1 heterocycles. The lowest BCUT2D eigenvalue weighted by molar-refractivity contribution is 0.0522. The van der Waals surface area contributed by atoms with Crippen LogP contribution in [-0.4, -0.2) is 30.9 Å². The molecule has 1 aromatic heterocycles. The quantitative estimate of drug-likeness (QED) is 0.402. The Labute approximate surface area is 187 Å². The van der Waals surface area contributed by atoms with E-state index in [1.807, 2.05) is 36.4 Å². The Morgan fingerprint density at radius 3 is 2.66 bits per heavy atom. The van der Waals surface area contributed by atoms with E-state index < -0.39 is 5.97 Å². The number of allylic oxidation sites excluding steroid dienone is 1. The minimum atomic E-state index is -0.457. The Balaban J connectivity index is 1.83. The average Bonchev–Trinajstić information content (AvgIpc) is 2.77. The summed E-state index contributed by atoms with van der Waals surface area (Å²) in [5.74, 6) is 0.223. The number of fused-ring (bicyclic) bond motifs is 1. The SMILES string of the molecule is CCOC(=O)c1cc2ccc(C3CCC3)c(/C(N)=C/C=Nc3ccccc3)c2nc1OC. The molecule has 0 unspecified atom stereocenters. The lowest BCUT2D eigenvalue weighted by atomic mass is 9.77. The molecule has 32 heavy (non-hydrogen) atoms. The number of nitrogens with zero attached hydrogens (tertiary/aromatic N) is 2. The van der Waals surface area contributed by atoms with Crippen molar-refractivity contribution >= 4 is 34.5 Å². The first-order valence-electron chi connectivity index (χ1n) is 10.9. The summed E-state index contributed by atoms with van der Waals surface area (Å²) in [6.07, 6.45) is 6.97. The van der Waals surface area contributed by atoms with Crippen molar-refractivity contribution in [1.82, 2.24) is 4.98 Å². The fourth-order valence-corrected chi connectivity index (χ4v) is 3.91. The zero-order valence-corrected chi connectivity index (χ0v) is 18.4. The molecule has 3 aromatic rings. The fraction of sp³-hybridized carbons (Fsp3) is 0.269. The van der Waals surface area contributed by atoms with Crippen LogP contribution in [-0.2, 0) is 4.74 Å². The Morgan fingerprint density at radius 2 is 2.00 bits per heavy atom. The van der Waals surface area contributed by atoms with E-state index in [9.17, 15) is 4.79 Å². The number of rotatable bonds is 7. The van der Waals surface area contributed by atoms with Crippen molar-refractivity contribution in [2.24, 2.45) is 10.7 Å². The Hall–Kier alpha value is -3.67. The molecule has 0 saturated heterocycles. The van der Waals surface area contributed by atoms with Crippen LogP contribution in [0.15, 0.2) is 59.6 Å². The first kappa shape index (κ1) is 21.6. The van der Waals surface area contributed by atoms with Crippen LogP contribution in [0.1, 0.15) is 53.6 Å². The predicted molar refractivity (Wildman–Crippen MR) is 128 cm³/mol. The van der Waals surface area contributed by atoms with Gasteiger partial charge in [-0.3, -0.25) is 4.99 Å². The molecule has 6 heteroatoms. The van der Waals surface area contributed by atoms with E-state index in [2.05, 4.69) is 11.1 Å². The molecule has 1 fully saturated rings. The number of pyridine rings is 1. The van der Waals surface area contributed by atoms with Crippen LogP contribution < -0.4 is 10.5 Å². The molecule has 0 atom stereocenters. The number of aromatic nitrogens is 1. The molecule has 4 rings (SSSR count). The standard InChI is InChI=1S/C26H27N3O3/c1-3-32-26(30)21-16-18-12-13-20(17-8-7-9-17)23(24(18)29-25(21)31-2)22(27)14-15-28-19-10-5-4-6-11-19/h4-6,10-17H,3,7-9,27H2,1-2H3/b22-14-,28-15?. The van der Waals surface area contributed by atoms with Crippen molar-refractivity contribution in [2.45, 2.75) is 32.1 Å². The summed E-state index contributed by atoms with van der Waals surface area (Å²) in [6.45, 7) is 2.05. The zero-order valence-electron chi connectivity index (χ0n) is 18.4. The normalized spacial score (nSPS) is 14.5. The second-order valence-corrected chi connectivity index (χ2v) is 7.73. The van der Waals surface area contributed by atoms with Crippen molar-refractivity contribution in [3.63, 3.8) is 0 Å². The topological polar surface area (TPSA) is 86.8 Å². The second kappa shape index (κ2) is 9.64. The van der Waals surface area contributed by atoms with Crippen LogP contribution >= 0.6 is 0 Å². The van der Waals surface area contributed by atoms with E-state index in [4.69, 9.17) is 20.2 Å². The Morgan fingerprint density at radius 1 is 1.22 bits per heavy atom. The number of benzene rings is 2. The van der Waals surface area contributed by atoms with Gasteiger partial charge in [-0.25, -0.2) is 9.78 Å². The number of methoxy groups -OCH3 is 1. The summed E-state index contributed by atoms with van der Waals surface area (Å²) in [5, 5.41) is 0.809. The van der Waals surface area contributed by atoms with Crippen LogP contribution in [0.25, 0.3) is 16.6 Å². The third-order valence-electron chi connectivity index (χ3n) is 5.74. The highest BCUT2D eigenvalue weighted by molar-refractivity contribution is 6.01. The Kier molecular flexibility index (Phi) is 6.50. The van der Waals surface area contributed by atoms with Gasteiger partial charge in [-0.15, -0.1) is 0 Å². The van der Waals surface area contributed by atoms with Crippen molar-refractivity contribution in [3.05, 3.63) is 71.3 Å². The third kappa shape index (κ3) is 4.35. The number of carbonyl (C=O) groups excluding carboxylic acids is 1. The maximum absolute atomic E-state index is 12.4. The number of para-hydroxylation sites is 1. The van der Waals surface area contributed by atoms with Gasteiger partial charge in [0.05, 0.1) is 24.9 Å². The number of esters is 1. The molecule has 2 aromatic carbocycles. The summed E-state index contributed by atoms with van der Waals surface area (Å²) >= 11 is 0. The van der Waals surface area contributed by atoms with Crippen LogP contribution in [0.5, 0.6) is 5.88 Å². The summed E-state index contributed by atoms with van der Waals surface area (Å²) in [5.41, 5.74) is 11.1. The summed E-state index contributed by atoms with van der Waals surface area (Å²) in [6, 6.07) is 15.6. The average molecular weight is 430 g/mol. The molecule has 1 saturated carbocycles. The van der Waals surface area contributed by atoms with E-state index in [1.54, 1.807) is 25.3 Å². The van der Waals surface area contributed by atoms with E-state index in [-0.39, 0.29) is 12.5 Å². The van der Waals surface area contributed by atoms with Gasteiger partial charge in [0.15, 0.2) is 0 Å². The molecular formula is C26H27N3O3. The molecule has 0 radical (unpaired) electrons. The van der Waals surface area contributed by atoms with Crippen LogP contribution in [0.2, 0.25) is 0 Å². The van der Waals surface area contributed by atoms with Crippen molar-refractivity contribution in [3.8, 4) is 5.88 Å². The number of hydrogen-bond donors (Lipinski definition) is 1. The molecule has 0 amide bonds. The molecular weight excluding hydrogens is 402 g/mol. The number of ether oxygens (including phenoxy) is 2. The molecule has 0 bridgehead atoms. The molecule has 0 aliphatic heterocycles. The molecule has 2 N–H and O–H groups in total. The van der Waals surface area contributed by atoms with E-state index in [0.717, 1.165) is 29.5 Å². The molecule has 6 nitrogen and oxygen atoms in total. The molecule has 0 spiro atoms. The second-order valence-electron chi connectivity index (χ2n) is 7.73. The van der Waals surface area contributed by atoms with Crippen LogP contribution in [0.3, 0.4) is 0 Å². The van der Waals surface area contributed by atoms with E-state index in [0.29, 0.717) is 22.7 Å². The zero-order chi connectivity index (χ0) is 22.5. The highest BCUT2D eigenvalue weighted by Crippen LogP contribution is 2.41. The van der Waals surface area contributed by atoms with E-state index >= 15 is 0 Å². The van der Waals surface area contributed by atoms with Gasteiger partial charge in [-0.1, -0.05) is 36.8 Å². The predicted octanol–water partition coefficient (Wildman–Crippen LogP) is 5.39. The lowest BCUT2D eigenvalue weighted by Crippen LogP contribution is -2.14. The third-order valence-corrected chi connectivity index (χ3v) is 5.74. The van der Waals surface area contributed by atoms with Crippen LogP contribution in [0, 0.1) is 0 Å². The minimum absolute atomic E-state index is 0.230. The summed E-state index contributed by atoms with van der Waals surface area (Å²) in [4.78, 5) is 21.6. The van der Waals surface area contributed by atoms with Gasteiger partial charge in [0, 0.05) is 22.9 Å². The smallest absolute Gasteiger partial charge is 0.343 e. The highest BCUT2D eigenvalue weighted by atomic mass is 16.5. The maximum atomic E-state index is 12.4. The fourth-order valence-electron chi connectivity index (χ4n) is 3.91. The van der Waals surface area contributed by atoms with Crippen molar-refractivity contribution < 1.29 is 14.3 Å². The summed E-state index contributed by atoms with van der Waals surface area (Å²) < 4.78 is 10.6. The Bertz CT molecular complexity index is 1180. The number of hydrogen-bond acceptors (Lipinski definition) is 6. The van der Waals surface area contributed by atoms with Gasteiger partial charge < -0.3 is 15.2 Å². The van der Waals surface area contributed by atoms with Gasteiger partial charge in [0.2, 0.25) is 5.88 Å². The lowest BCUT2D eigenvalue weighted by Gasteiger charge is -2.28. The van der Waals surface area contributed by atoms with Gasteiger partial charge in [-0.05, 0) is 55.5 Å². The first-order valence-corrected chi connectivity index (χ1v) is 10.9. The van der Waals surface area contributed by atoms with Crippen molar-refractivity contribution in [1.29, 1.82) is 0 Å². The van der Waals surface area contributed by atoms with Gasteiger partial charge >= 0.3 is 5.97 Å². The number of nitrogens with two attached hydrogens (primary N) is 1. The maximum Gasteiger partial charge on any atom is 0.343 e. The van der Waals surface area contributed by atoms with Gasteiger partial charge in [-0.2, -0.15) is 0 Å². The minimum Gasteiger partial charge on any atom is -0.480 e. The van der Waals surface area contributed by atoms with E-state index in [1.165, 1.54) is 19.1 Å². The largest absolute Gasteiger partial charge is 0.480 e. The first-order chi connectivity index (χ1) is 15.6. The molecule has 1 aliphatic carbocycles. The van der Waals surface area contributed by atoms with Crippen LogP contribution in [0.4, 0.5) is 5.69 Å². The van der Waals surface area contributed by atoms with Crippen molar-refractivity contribution in [2.75, 3.05) is 13.7 Å². The van der Waals surface area contributed by atoms with Gasteiger partial charge in [0.1, 0.15) is 5.56 Å². The number of carbonyl (C=O) groups is 1. The monoisotopic (exact) mass is 429 g/mol. The van der Waals surface area contributed by atoms with Gasteiger partial charge in [0.25, 0.3) is 0 Å². The highest BCUT2D eigenvalue weighted by Gasteiger charge is 2.26. The summed E-state index contributed by atoms with van der Waals surface area (Å²) in [7, 11) is 1.50. The molecule has 1 aliphatic rings. The molecule has 164 valence electrons.